The molecule has 0 unspecified atom stereocenters. The van der Waals surface area contributed by atoms with Gasteiger partial charge in [-0.15, -0.1) is 0 Å². The van der Waals surface area contributed by atoms with Gasteiger partial charge in [0.25, 0.3) is 5.92 Å². The number of aldehydes is 1. The third-order valence-corrected chi connectivity index (χ3v) is 4.20. The Labute approximate surface area is 138 Å². The molecule has 2 aromatic carbocycles. The van der Waals surface area contributed by atoms with Crippen molar-refractivity contribution in [1.29, 1.82) is 0 Å². The van der Waals surface area contributed by atoms with Gasteiger partial charge in [-0.3, -0.25) is 10.6 Å². The van der Waals surface area contributed by atoms with Crippen molar-refractivity contribution in [2.75, 3.05) is 0 Å². The van der Waals surface area contributed by atoms with Gasteiger partial charge in [0, 0.05) is 12.8 Å². The number of hydrogen-bond donors (Lipinski definition) is 3. The van der Waals surface area contributed by atoms with Crippen LogP contribution < -0.4 is 17.0 Å². The molecule has 0 bridgehead atoms. The van der Waals surface area contributed by atoms with E-state index in [2.05, 4.69) is 5.43 Å². The highest BCUT2D eigenvalue weighted by Gasteiger charge is 2.37. The van der Waals surface area contributed by atoms with E-state index in [-0.39, 0.29) is 24.2 Å². The Bertz CT molecular complexity index is 814. The maximum absolute atomic E-state index is 13.5. The summed E-state index contributed by atoms with van der Waals surface area (Å²) in [7, 11) is 0. The Balaban J connectivity index is 1.90. The largest absolute Gasteiger partial charge is 0.396 e. The highest BCUT2D eigenvalue weighted by atomic mass is 19.3. The number of rotatable bonds is 4. The van der Waals surface area contributed by atoms with Crippen molar-refractivity contribution in [2.45, 2.75) is 18.8 Å². The van der Waals surface area contributed by atoms with Crippen molar-refractivity contribution in [3.8, 4) is 11.1 Å². The molecular formula is C18H17F2N3O. The zero-order valence-corrected chi connectivity index (χ0v) is 12.9. The van der Waals surface area contributed by atoms with E-state index in [4.69, 9.17) is 11.6 Å². The molecule has 0 aromatic heterocycles. The van der Waals surface area contributed by atoms with E-state index in [1.165, 1.54) is 0 Å². The second-order valence-corrected chi connectivity index (χ2v) is 5.86. The standard InChI is InChI=1S/C18H17F2N3O/c19-18(20)8-14-6-5-13(7-15(14)9-18)11-1-3-12(4-2-11)17(21)16(10-24)23-22/h1-7,10,23H,8-9,21-22H2/b17-16-. The van der Waals surface area contributed by atoms with Crippen molar-refractivity contribution >= 4 is 12.0 Å². The summed E-state index contributed by atoms with van der Waals surface area (Å²) in [6.07, 6.45) is 0.141. The minimum absolute atomic E-state index is 0.0995. The summed E-state index contributed by atoms with van der Waals surface area (Å²) >= 11 is 0. The van der Waals surface area contributed by atoms with E-state index in [0.29, 0.717) is 23.0 Å². The maximum Gasteiger partial charge on any atom is 0.256 e. The first kappa shape index (κ1) is 16.1. The first-order valence-corrected chi connectivity index (χ1v) is 7.45. The minimum Gasteiger partial charge on any atom is -0.396 e. The van der Waals surface area contributed by atoms with Crippen LogP contribution in [-0.4, -0.2) is 12.2 Å². The number of halogens is 2. The van der Waals surface area contributed by atoms with E-state index in [1.807, 2.05) is 24.3 Å². The lowest BCUT2D eigenvalue weighted by atomic mass is 9.99. The van der Waals surface area contributed by atoms with Gasteiger partial charge in [-0.2, -0.15) is 0 Å². The smallest absolute Gasteiger partial charge is 0.256 e. The number of carbonyl (C=O) groups excluding carboxylic acids is 1. The van der Waals surface area contributed by atoms with Crippen molar-refractivity contribution < 1.29 is 13.6 Å². The molecule has 2 aromatic rings. The van der Waals surface area contributed by atoms with E-state index in [1.54, 1.807) is 18.2 Å². The van der Waals surface area contributed by atoms with Crippen LogP contribution in [0.5, 0.6) is 0 Å². The second-order valence-electron chi connectivity index (χ2n) is 5.86. The number of nitrogens with one attached hydrogen (secondary N) is 1. The highest BCUT2D eigenvalue weighted by molar-refractivity contribution is 5.86. The van der Waals surface area contributed by atoms with Crippen LogP contribution in [0.2, 0.25) is 0 Å². The molecule has 0 radical (unpaired) electrons. The van der Waals surface area contributed by atoms with Gasteiger partial charge in [0.05, 0.1) is 5.70 Å². The van der Waals surface area contributed by atoms with Crippen LogP contribution in [0.4, 0.5) is 8.78 Å². The average molecular weight is 329 g/mol. The van der Waals surface area contributed by atoms with Gasteiger partial charge >= 0.3 is 0 Å². The fourth-order valence-corrected chi connectivity index (χ4v) is 2.94. The number of hydrazine groups is 1. The van der Waals surface area contributed by atoms with Gasteiger partial charge in [-0.1, -0.05) is 42.5 Å². The predicted molar refractivity (Wildman–Crippen MR) is 88.7 cm³/mol. The van der Waals surface area contributed by atoms with Crippen LogP contribution in [0, 0.1) is 0 Å². The van der Waals surface area contributed by atoms with Crippen LogP contribution in [0.25, 0.3) is 16.8 Å². The third kappa shape index (κ3) is 3.00. The number of fused-ring (bicyclic) bond motifs is 1. The molecule has 0 amide bonds. The zero-order valence-electron chi connectivity index (χ0n) is 12.9. The number of nitrogens with two attached hydrogens (primary N) is 2. The SMILES string of the molecule is NN/C(C=O)=C(\N)c1ccc(-c2ccc3c(c2)CC(F)(F)C3)cc1. The fourth-order valence-electron chi connectivity index (χ4n) is 2.94. The lowest BCUT2D eigenvalue weighted by molar-refractivity contribution is -0.105. The molecule has 0 heterocycles. The first-order valence-electron chi connectivity index (χ1n) is 7.45. The summed E-state index contributed by atoms with van der Waals surface area (Å²) in [5, 5.41) is 0. The molecule has 124 valence electrons. The Kier molecular flexibility index (Phi) is 4.07. The van der Waals surface area contributed by atoms with E-state index < -0.39 is 5.92 Å². The number of benzene rings is 2. The normalized spacial score (nSPS) is 16.3. The topological polar surface area (TPSA) is 81.1 Å². The van der Waals surface area contributed by atoms with Gasteiger partial charge in [0.1, 0.15) is 5.70 Å². The molecule has 1 aliphatic carbocycles. The van der Waals surface area contributed by atoms with Crippen LogP contribution in [0.1, 0.15) is 16.7 Å². The lowest BCUT2D eigenvalue weighted by Gasteiger charge is -2.09. The summed E-state index contributed by atoms with van der Waals surface area (Å²) in [6.45, 7) is 0. The number of carbonyl (C=O) groups is 1. The van der Waals surface area contributed by atoms with Crippen LogP contribution >= 0.6 is 0 Å². The van der Waals surface area contributed by atoms with Crippen LogP contribution in [0.3, 0.4) is 0 Å². The summed E-state index contributed by atoms with van der Waals surface area (Å²) in [5.41, 5.74) is 12.3. The van der Waals surface area contributed by atoms with E-state index in [0.717, 1.165) is 11.1 Å². The molecule has 5 N–H and O–H groups in total. The molecule has 3 rings (SSSR count). The number of alkyl halides is 2. The van der Waals surface area contributed by atoms with Gasteiger partial charge in [0.2, 0.25) is 0 Å². The third-order valence-electron chi connectivity index (χ3n) is 4.20. The Morgan fingerprint density at radius 3 is 2.29 bits per heavy atom. The van der Waals surface area contributed by atoms with Gasteiger partial charge in [0.15, 0.2) is 6.29 Å². The fraction of sp³-hybridized carbons (Fsp3) is 0.167. The Morgan fingerprint density at radius 2 is 1.67 bits per heavy atom. The maximum atomic E-state index is 13.5. The van der Waals surface area contributed by atoms with Gasteiger partial charge in [-0.05, 0) is 27.8 Å². The molecule has 1 aliphatic rings. The van der Waals surface area contributed by atoms with Gasteiger partial charge in [-0.25, -0.2) is 8.78 Å². The van der Waals surface area contributed by atoms with Crippen molar-refractivity contribution in [3.05, 3.63) is 64.9 Å². The molecule has 0 fully saturated rings. The highest BCUT2D eigenvalue weighted by Crippen LogP contribution is 2.36. The van der Waals surface area contributed by atoms with Crippen molar-refractivity contribution in [1.82, 2.24) is 5.43 Å². The molecule has 0 saturated carbocycles. The summed E-state index contributed by atoms with van der Waals surface area (Å²) in [6, 6.07) is 12.6. The molecule has 0 spiro atoms. The molecule has 24 heavy (non-hydrogen) atoms. The zero-order chi connectivity index (χ0) is 17.3. The van der Waals surface area contributed by atoms with Crippen molar-refractivity contribution in [2.24, 2.45) is 11.6 Å². The minimum atomic E-state index is -2.65. The Morgan fingerprint density at radius 1 is 1.04 bits per heavy atom. The van der Waals surface area contributed by atoms with E-state index >= 15 is 0 Å². The Hall–Kier alpha value is -2.73. The summed E-state index contributed by atoms with van der Waals surface area (Å²) in [5.74, 6) is 2.59. The monoisotopic (exact) mass is 329 g/mol. The quantitative estimate of drug-likeness (QED) is 0.348. The van der Waals surface area contributed by atoms with Gasteiger partial charge < -0.3 is 11.2 Å². The average Bonchev–Trinajstić information content (AvgIpc) is 2.88. The summed E-state index contributed by atoms with van der Waals surface area (Å²) < 4.78 is 27.0. The van der Waals surface area contributed by atoms with Crippen LogP contribution in [-0.2, 0) is 17.6 Å². The molecular weight excluding hydrogens is 312 g/mol. The van der Waals surface area contributed by atoms with E-state index in [9.17, 15) is 13.6 Å². The molecule has 0 saturated heterocycles. The lowest BCUT2D eigenvalue weighted by Crippen LogP contribution is -2.25. The predicted octanol–water partition coefficient (Wildman–Crippen LogP) is 2.38. The van der Waals surface area contributed by atoms with Crippen molar-refractivity contribution in [3.63, 3.8) is 0 Å². The summed E-state index contributed by atoms with van der Waals surface area (Å²) in [4.78, 5) is 10.9. The molecule has 6 heteroatoms. The van der Waals surface area contributed by atoms with Crippen LogP contribution in [0.15, 0.2) is 48.2 Å². The molecule has 0 atom stereocenters. The second kappa shape index (κ2) is 6.05. The number of hydrogen-bond acceptors (Lipinski definition) is 4. The number of allylic oxidation sites excluding steroid dienone is 1. The molecule has 4 nitrogen and oxygen atoms in total. The first-order chi connectivity index (χ1) is 11.4. The molecule has 0 aliphatic heterocycles.